The van der Waals surface area contributed by atoms with Crippen LogP contribution in [0.15, 0.2) is 54.3 Å². The molecule has 0 bridgehead atoms. The van der Waals surface area contributed by atoms with Crippen molar-refractivity contribution >= 4 is 11.3 Å². The summed E-state index contributed by atoms with van der Waals surface area (Å²) in [4.78, 5) is 5.10. The van der Waals surface area contributed by atoms with Crippen LogP contribution in [0.3, 0.4) is 0 Å². The van der Waals surface area contributed by atoms with Crippen molar-refractivity contribution in [1.29, 1.82) is 0 Å². The summed E-state index contributed by atoms with van der Waals surface area (Å²) in [5.74, 6) is 0. The van der Waals surface area contributed by atoms with Crippen molar-refractivity contribution in [2.24, 2.45) is 5.73 Å². The molecule has 0 aliphatic heterocycles. The maximum Gasteiger partial charge on any atom is 0.0837 e. The molecule has 0 aliphatic carbocycles. The Balaban J connectivity index is 2.02. The van der Waals surface area contributed by atoms with E-state index in [1.54, 1.807) is 29.2 Å². The first-order valence-electron chi connectivity index (χ1n) is 5.59. The minimum absolute atomic E-state index is 0.194. The van der Waals surface area contributed by atoms with Gasteiger partial charge in [-0.1, -0.05) is 18.2 Å². The lowest BCUT2D eigenvalue weighted by molar-refractivity contribution is 0.746. The van der Waals surface area contributed by atoms with Crippen LogP contribution in [-0.2, 0) is 0 Å². The molecule has 3 rings (SSSR count). The molecule has 0 fully saturated rings. The fourth-order valence-corrected chi connectivity index (χ4v) is 2.49. The molecule has 5 heteroatoms. The van der Waals surface area contributed by atoms with Crippen molar-refractivity contribution in [3.05, 3.63) is 64.9 Å². The minimum atomic E-state index is -0.194. The van der Waals surface area contributed by atoms with E-state index < -0.39 is 0 Å². The second-order valence-corrected chi connectivity index (χ2v) is 4.80. The van der Waals surface area contributed by atoms with Crippen molar-refractivity contribution < 1.29 is 0 Å². The van der Waals surface area contributed by atoms with E-state index in [0.717, 1.165) is 16.3 Å². The third-order valence-corrected chi connectivity index (χ3v) is 3.61. The lowest BCUT2D eigenvalue weighted by Crippen LogP contribution is -2.15. The van der Waals surface area contributed by atoms with E-state index in [0.29, 0.717) is 0 Å². The normalized spacial score (nSPS) is 12.5. The highest BCUT2D eigenvalue weighted by Gasteiger charge is 2.16. The molecule has 0 amide bonds. The van der Waals surface area contributed by atoms with Gasteiger partial charge in [-0.15, -0.1) is 11.3 Å². The van der Waals surface area contributed by atoms with Crippen molar-refractivity contribution in [3.8, 4) is 5.69 Å². The molecule has 0 radical (unpaired) electrons. The number of hydrogen-bond donors (Lipinski definition) is 1. The van der Waals surface area contributed by atoms with Gasteiger partial charge < -0.3 is 5.73 Å². The van der Waals surface area contributed by atoms with E-state index in [1.807, 2.05) is 41.1 Å². The van der Waals surface area contributed by atoms with E-state index in [9.17, 15) is 0 Å². The maximum absolute atomic E-state index is 6.25. The first-order valence-corrected chi connectivity index (χ1v) is 6.47. The van der Waals surface area contributed by atoms with Crippen LogP contribution in [-0.4, -0.2) is 14.8 Å². The lowest BCUT2D eigenvalue weighted by Gasteiger charge is -2.12. The van der Waals surface area contributed by atoms with Crippen molar-refractivity contribution in [2.45, 2.75) is 6.04 Å². The molecule has 1 aromatic carbocycles. The zero-order valence-corrected chi connectivity index (χ0v) is 10.4. The molecule has 1 unspecified atom stereocenters. The molecule has 0 aliphatic rings. The van der Waals surface area contributed by atoms with Gasteiger partial charge in [0.05, 0.1) is 22.9 Å². The summed E-state index contributed by atoms with van der Waals surface area (Å²) in [5.41, 5.74) is 10.0. The average Bonchev–Trinajstić information content (AvgIpc) is 3.10. The number of para-hydroxylation sites is 1. The van der Waals surface area contributed by atoms with Crippen molar-refractivity contribution in [3.63, 3.8) is 0 Å². The van der Waals surface area contributed by atoms with Gasteiger partial charge in [-0.3, -0.25) is 4.98 Å². The topological polar surface area (TPSA) is 56.7 Å². The summed E-state index contributed by atoms with van der Waals surface area (Å²) in [7, 11) is 0. The van der Waals surface area contributed by atoms with Gasteiger partial charge >= 0.3 is 0 Å². The van der Waals surface area contributed by atoms with Crippen LogP contribution in [0.1, 0.15) is 16.6 Å². The molecule has 0 saturated carbocycles. The Bertz CT molecular complexity index is 616. The highest BCUT2D eigenvalue weighted by atomic mass is 32.1. The van der Waals surface area contributed by atoms with Crippen LogP contribution >= 0.6 is 11.3 Å². The first-order chi connectivity index (χ1) is 8.86. The Hall–Kier alpha value is -1.98. The molecule has 18 heavy (non-hydrogen) atoms. The summed E-state index contributed by atoms with van der Waals surface area (Å²) in [6.45, 7) is 0. The Morgan fingerprint density at radius 1 is 1.17 bits per heavy atom. The van der Waals surface area contributed by atoms with Crippen molar-refractivity contribution in [2.75, 3.05) is 0 Å². The Labute approximate surface area is 109 Å². The van der Waals surface area contributed by atoms with Gasteiger partial charge in [-0.05, 0) is 18.2 Å². The summed E-state index contributed by atoms with van der Waals surface area (Å²) in [6, 6.07) is 11.7. The van der Waals surface area contributed by atoms with Crippen LogP contribution in [0.5, 0.6) is 0 Å². The summed E-state index contributed by atoms with van der Waals surface area (Å²) in [6.07, 6.45) is 3.57. The van der Waals surface area contributed by atoms with Crippen LogP contribution in [0, 0.1) is 0 Å². The molecule has 3 aromatic rings. The molecule has 90 valence electrons. The predicted octanol–water partition coefficient (Wildman–Crippen LogP) is 2.38. The molecule has 0 spiro atoms. The van der Waals surface area contributed by atoms with E-state index in [4.69, 9.17) is 5.73 Å². The number of nitrogens with zero attached hydrogens (tertiary/aromatic N) is 3. The smallest absolute Gasteiger partial charge is 0.0837 e. The zero-order chi connectivity index (χ0) is 12.4. The third kappa shape index (κ3) is 1.94. The number of aromatic nitrogens is 3. The molecular weight excluding hydrogens is 244 g/mol. The third-order valence-electron chi connectivity index (χ3n) is 2.75. The maximum atomic E-state index is 6.25. The Morgan fingerprint density at radius 3 is 2.72 bits per heavy atom. The van der Waals surface area contributed by atoms with Crippen LogP contribution in [0.4, 0.5) is 0 Å². The number of hydrogen-bond acceptors (Lipinski definition) is 4. The second kappa shape index (κ2) is 4.72. The van der Waals surface area contributed by atoms with Crippen molar-refractivity contribution in [1.82, 2.24) is 14.8 Å². The lowest BCUT2D eigenvalue weighted by atomic mass is 10.2. The van der Waals surface area contributed by atoms with E-state index in [-0.39, 0.29) is 6.04 Å². The number of thiazole rings is 1. The second-order valence-electron chi connectivity index (χ2n) is 3.88. The largest absolute Gasteiger partial charge is 0.318 e. The van der Waals surface area contributed by atoms with Gasteiger partial charge in [-0.2, -0.15) is 5.10 Å². The molecule has 2 heterocycles. The fourth-order valence-electron chi connectivity index (χ4n) is 1.86. The van der Waals surface area contributed by atoms with E-state index in [2.05, 4.69) is 10.1 Å². The summed E-state index contributed by atoms with van der Waals surface area (Å²) in [5, 5.41) is 4.34. The zero-order valence-electron chi connectivity index (χ0n) is 9.60. The number of nitrogens with two attached hydrogens (primary N) is 1. The number of rotatable bonds is 3. The molecule has 0 saturated heterocycles. The van der Waals surface area contributed by atoms with Gasteiger partial charge in [0.15, 0.2) is 0 Å². The van der Waals surface area contributed by atoms with Crippen LogP contribution < -0.4 is 5.73 Å². The monoisotopic (exact) mass is 256 g/mol. The molecule has 1 atom stereocenters. The van der Waals surface area contributed by atoms with Gasteiger partial charge in [0.2, 0.25) is 0 Å². The molecular formula is C13H12N4S. The molecule has 2 N–H and O–H groups in total. The van der Waals surface area contributed by atoms with Gasteiger partial charge in [0.25, 0.3) is 0 Å². The quantitative estimate of drug-likeness (QED) is 0.782. The van der Waals surface area contributed by atoms with Gasteiger partial charge in [0.1, 0.15) is 0 Å². The van der Waals surface area contributed by atoms with Crippen LogP contribution in [0.2, 0.25) is 0 Å². The SMILES string of the molecule is NC(c1cncs1)c1ccnn1-c1ccccc1. The van der Waals surface area contributed by atoms with E-state index >= 15 is 0 Å². The average molecular weight is 256 g/mol. The number of benzene rings is 1. The minimum Gasteiger partial charge on any atom is -0.318 e. The summed E-state index contributed by atoms with van der Waals surface area (Å²) < 4.78 is 1.87. The Morgan fingerprint density at radius 2 is 2.00 bits per heavy atom. The van der Waals surface area contributed by atoms with Gasteiger partial charge in [-0.25, -0.2) is 4.68 Å². The predicted molar refractivity (Wildman–Crippen MR) is 71.7 cm³/mol. The fraction of sp³-hybridized carbons (Fsp3) is 0.0769. The van der Waals surface area contributed by atoms with Gasteiger partial charge in [0, 0.05) is 17.3 Å². The summed E-state index contributed by atoms with van der Waals surface area (Å²) >= 11 is 1.56. The van der Waals surface area contributed by atoms with Crippen LogP contribution in [0.25, 0.3) is 5.69 Å². The van der Waals surface area contributed by atoms with E-state index in [1.165, 1.54) is 0 Å². The highest BCUT2D eigenvalue weighted by molar-refractivity contribution is 7.09. The molecule has 4 nitrogen and oxygen atoms in total. The first kappa shape index (κ1) is 11.1. The standard InChI is InChI=1S/C13H12N4S/c14-13(12-8-15-9-18-12)11-6-7-16-17(11)10-4-2-1-3-5-10/h1-9,13H,14H2. The Kier molecular flexibility index (Phi) is 2.92. The molecule has 2 aromatic heterocycles. The highest BCUT2D eigenvalue weighted by Crippen LogP contribution is 2.24.